The maximum Gasteiger partial charge on any atom is 0.254 e. The molecule has 0 aromatic carbocycles. The Morgan fingerprint density at radius 3 is 3.15 bits per heavy atom. The third kappa shape index (κ3) is 2.88. The molecule has 0 aromatic heterocycles. The van der Waals surface area contributed by atoms with Crippen LogP contribution in [0.5, 0.6) is 0 Å². The van der Waals surface area contributed by atoms with Crippen LogP contribution in [0.2, 0.25) is 0 Å². The predicted molar refractivity (Wildman–Crippen MR) is 77.1 cm³/mol. The van der Waals surface area contributed by atoms with Gasteiger partial charge in [-0.05, 0) is 31.9 Å². The molecule has 1 unspecified atom stereocenters. The van der Waals surface area contributed by atoms with Gasteiger partial charge in [0.1, 0.15) is 0 Å². The Morgan fingerprint density at radius 2 is 2.40 bits per heavy atom. The number of ether oxygens (including phenoxy) is 1. The second-order valence-electron chi connectivity index (χ2n) is 5.70. The highest BCUT2D eigenvalue weighted by Gasteiger charge is 2.31. The van der Waals surface area contributed by atoms with Crippen LogP contribution in [0.15, 0.2) is 23.4 Å². The fourth-order valence-electron chi connectivity index (χ4n) is 2.85. The third-order valence-electron chi connectivity index (χ3n) is 4.13. The van der Waals surface area contributed by atoms with Gasteiger partial charge in [-0.2, -0.15) is 0 Å². The lowest BCUT2D eigenvalue weighted by molar-refractivity contribution is -0.135. The first-order valence-corrected chi connectivity index (χ1v) is 7.48. The summed E-state index contributed by atoms with van der Waals surface area (Å²) < 4.78 is 5.49. The van der Waals surface area contributed by atoms with Gasteiger partial charge < -0.3 is 20.3 Å². The standard InChI is InChI=1S/C15H23N3O2/c1-16-9-13-10-20-7-6-18(13)15(19)12-4-5-17-14(8-12)11-2-3-11/h4,8,11,13,16-17H,2-3,5-7,9-10H2,1H3. The highest BCUT2D eigenvalue weighted by molar-refractivity contribution is 5.97. The van der Waals surface area contributed by atoms with Crippen LogP contribution in [0.25, 0.3) is 0 Å². The van der Waals surface area contributed by atoms with Gasteiger partial charge in [-0.3, -0.25) is 4.79 Å². The Morgan fingerprint density at radius 1 is 1.55 bits per heavy atom. The van der Waals surface area contributed by atoms with Gasteiger partial charge in [0.25, 0.3) is 5.91 Å². The molecular weight excluding hydrogens is 254 g/mol. The highest BCUT2D eigenvalue weighted by atomic mass is 16.5. The van der Waals surface area contributed by atoms with Crippen LogP contribution in [0.3, 0.4) is 0 Å². The van der Waals surface area contributed by atoms with Crippen molar-refractivity contribution in [3.8, 4) is 0 Å². The Hall–Kier alpha value is -1.33. The maximum atomic E-state index is 12.7. The Balaban J connectivity index is 1.71. The molecule has 0 aromatic rings. The Labute approximate surface area is 120 Å². The van der Waals surface area contributed by atoms with E-state index < -0.39 is 0 Å². The molecule has 5 heteroatoms. The summed E-state index contributed by atoms with van der Waals surface area (Å²) in [6, 6.07) is 0.134. The van der Waals surface area contributed by atoms with Gasteiger partial charge in [0.05, 0.1) is 19.3 Å². The van der Waals surface area contributed by atoms with Gasteiger partial charge in [-0.15, -0.1) is 0 Å². The van der Waals surface area contributed by atoms with Crippen molar-refractivity contribution in [2.75, 3.05) is 39.9 Å². The van der Waals surface area contributed by atoms with Crippen LogP contribution in [0.4, 0.5) is 0 Å². The first-order chi connectivity index (χ1) is 9.79. The van der Waals surface area contributed by atoms with Crippen molar-refractivity contribution in [1.29, 1.82) is 0 Å². The number of nitrogens with one attached hydrogen (secondary N) is 2. The van der Waals surface area contributed by atoms with Crippen LogP contribution in [0, 0.1) is 5.92 Å². The van der Waals surface area contributed by atoms with E-state index in [0.29, 0.717) is 25.7 Å². The number of dihydropyridines is 1. The van der Waals surface area contributed by atoms with E-state index in [1.54, 1.807) is 0 Å². The fourth-order valence-corrected chi connectivity index (χ4v) is 2.85. The van der Waals surface area contributed by atoms with Crippen molar-refractivity contribution in [2.45, 2.75) is 18.9 Å². The number of rotatable bonds is 4. The SMILES string of the molecule is CNCC1COCCN1C(=O)C1=CCNC(C2CC2)=C1. The summed E-state index contributed by atoms with van der Waals surface area (Å²) in [5, 5.41) is 6.52. The van der Waals surface area contributed by atoms with Crippen LogP contribution in [-0.4, -0.2) is 56.7 Å². The average molecular weight is 277 g/mol. The summed E-state index contributed by atoms with van der Waals surface area (Å²) in [5.41, 5.74) is 2.09. The van der Waals surface area contributed by atoms with Crippen LogP contribution < -0.4 is 10.6 Å². The first kappa shape index (κ1) is 13.6. The highest BCUT2D eigenvalue weighted by Crippen LogP contribution is 2.36. The second kappa shape index (κ2) is 5.97. The molecule has 0 spiro atoms. The van der Waals surface area contributed by atoms with E-state index in [1.165, 1.54) is 18.5 Å². The molecule has 1 saturated carbocycles. The molecule has 3 aliphatic rings. The minimum absolute atomic E-state index is 0.134. The molecule has 2 N–H and O–H groups in total. The minimum Gasteiger partial charge on any atom is -0.385 e. The van der Waals surface area contributed by atoms with Crippen molar-refractivity contribution < 1.29 is 9.53 Å². The summed E-state index contributed by atoms with van der Waals surface area (Å²) in [7, 11) is 1.91. The number of allylic oxidation sites excluding steroid dienone is 1. The van der Waals surface area contributed by atoms with Crippen LogP contribution in [-0.2, 0) is 9.53 Å². The Kier molecular flexibility index (Phi) is 4.08. The molecule has 2 heterocycles. The van der Waals surface area contributed by atoms with E-state index in [9.17, 15) is 4.79 Å². The fraction of sp³-hybridized carbons (Fsp3) is 0.667. The van der Waals surface area contributed by atoms with E-state index in [-0.39, 0.29) is 11.9 Å². The molecule has 2 fully saturated rings. The number of amides is 1. The van der Waals surface area contributed by atoms with Crippen molar-refractivity contribution >= 4 is 5.91 Å². The summed E-state index contributed by atoms with van der Waals surface area (Å²) in [6.07, 6.45) is 6.55. The monoisotopic (exact) mass is 277 g/mol. The topological polar surface area (TPSA) is 53.6 Å². The average Bonchev–Trinajstić information content (AvgIpc) is 3.32. The largest absolute Gasteiger partial charge is 0.385 e. The smallest absolute Gasteiger partial charge is 0.254 e. The number of hydrogen-bond donors (Lipinski definition) is 2. The molecule has 1 aliphatic carbocycles. The molecule has 3 rings (SSSR count). The molecule has 2 aliphatic heterocycles. The molecule has 110 valence electrons. The molecule has 5 nitrogen and oxygen atoms in total. The van der Waals surface area contributed by atoms with Crippen molar-refractivity contribution in [1.82, 2.24) is 15.5 Å². The normalized spacial score (nSPS) is 26.6. The zero-order chi connectivity index (χ0) is 13.9. The van der Waals surface area contributed by atoms with Crippen LogP contribution in [0.1, 0.15) is 12.8 Å². The van der Waals surface area contributed by atoms with Crippen molar-refractivity contribution in [3.63, 3.8) is 0 Å². The van der Waals surface area contributed by atoms with Crippen molar-refractivity contribution in [3.05, 3.63) is 23.4 Å². The summed E-state index contributed by atoms with van der Waals surface area (Å²) >= 11 is 0. The van der Waals surface area contributed by atoms with Crippen molar-refractivity contribution in [2.24, 2.45) is 5.92 Å². The van der Waals surface area contributed by atoms with E-state index >= 15 is 0 Å². The molecule has 1 amide bonds. The van der Waals surface area contributed by atoms with E-state index in [4.69, 9.17) is 4.74 Å². The number of morpholine rings is 1. The molecule has 0 bridgehead atoms. The molecule has 0 radical (unpaired) electrons. The van der Waals surface area contributed by atoms with E-state index in [2.05, 4.69) is 16.7 Å². The van der Waals surface area contributed by atoms with Crippen LogP contribution >= 0.6 is 0 Å². The summed E-state index contributed by atoms with van der Waals surface area (Å²) in [5.74, 6) is 0.803. The molecule has 20 heavy (non-hydrogen) atoms. The first-order valence-electron chi connectivity index (χ1n) is 7.48. The van der Waals surface area contributed by atoms with Gasteiger partial charge in [0, 0.05) is 30.9 Å². The van der Waals surface area contributed by atoms with E-state index in [0.717, 1.165) is 18.7 Å². The third-order valence-corrected chi connectivity index (χ3v) is 4.13. The molecular formula is C15H23N3O2. The zero-order valence-corrected chi connectivity index (χ0v) is 12.0. The quantitative estimate of drug-likeness (QED) is 0.774. The number of likely N-dealkylation sites (N-methyl/N-ethyl adjacent to an activating group) is 1. The minimum atomic E-state index is 0.134. The van der Waals surface area contributed by atoms with Gasteiger partial charge in [0.15, 0.2) is 0 Å². The molecule has 1 saturated heterocycles. The maximum absolute atomic E-state index is 12.7. The zero-order valence-electron chi connectivity index (χ0n) is 12.0. The number of carbonyl (C=O) groups excluding carboxylic acids is 1. The van der Waals surface area contributed by atoms with Gasteiger partial charge in [-0.1, -0.05) is 6.08 Å². The lowest BCUT2D eigenvalue weighted by atomic mass is 10.1. The lowest BCUT2D eigenvalue weighted by Crippen LogP contribution is -2.53. The number of nitrogens with zero attached hydrogens (tertiary/aromatic N) is 1. The summed E-state index contributed by atoms with van der Waals surface area (Å²) in [4.78, 5) is 14.7. The number of hydrogen-bond acceptors (Lipinski definition) is 4. The second-order valence-corrected chi connectivity index (χ2v) is 5.70. The number of carbonyl (C=O) groups is 1. The van der Waals surface area contributed by atoms with Gasteiger partial charge in [0.2, 0.25) is 0 Å². The Bertz CT molecular complexity index is 438. The van der Waals surface area contributed by atoms with E-state index in [1.807, 2.05) is 18.0 Å². The van der Waals surface area contributed by atoms with Gasteiger partial charge in [-0.25, -0.2) is 0 Å². The summed E-state index contributed by atoms with van der Waals surface area (Å²) in [6.45, 7) is 3.48. The predicted octanol–water partition coefficient (Wildman–Crippen LogP) is 0.257. The van der Waals surface area contributed by atoms with Gasteiger partial charge >= 0.3 is 0 Å². The molecule has 1 atom stereocenters. The lowest BCUT2D eigenvalue weighted by Gasteiger charge is -2.36.